The number of carbonyl (C=O) groups is 1. The second-order valence-corrected chi connectivity index (χ2v) is 9.65. The van der Waals surface area contributed by atoms with E-state index in [9.17, 15) is 17.6 Å². The molecule has 2 aliphatic rings. The van der Waals surface area contributed by atoms with Gasteiger partial charge in [-0.05, 0) is 31.5 Å². The van der Waals surface area contributed by atoms with Crippen molar-refractivity contribution in [2.45, 2.75) is 23.6 Å². The summed E-state index contributed by atoms with van der Waals surface area (Å²) in [5.41, 5.74) is 4.94. The van der Waals surface area contributed by atoms with E-state index in [1.807, 2.05) is 0 Å². The monoisotopic (exact) mass is 422 g/mol. The lowest BCUT2D eigenvalue weighted by Crippen LogP contribution is -2.58. The zero-order valence-corrected chi connectivity index (χ0v) is 16.3. The smallest absolute Gasteiger partial charge is 0.277 e. The molecule has 0 saturated carbocycles. The predicted molar refractivity (Wildman–Crippen MR) is 102 cm³/mol. The van der Waals surface area contributed by atoms with Gasteiger partial charge in [0.25, 0.3) is 5.91 Å². The molecule has 1 amide bonds. The van der Waals surface area contributed by atoms with Crippen LogP contribution in [0.2, 0.25) is 0 Å². The topological polar surface area (TPSA) is 137 Å². The van der Waals surface area contributed by atoms with Gasteiger partial charge in [-0.2, -0.15) is 0 Å². The largest absolute Gasteiger partial charge is 0.451 e. The summed E-state index contributed by atoms with van der Waals surface area (Å²) in [5.74, 6) is -1.72. The number of hydrogen-bond donors (Lipinski definition) is 2. The van der Waals surface area contributed by atoms with Crippen molar-refractivity contribution >= 4 is 27.3 Å². The van der Waals surface area contributed by atoms with Crippen molar-refractivity contribution in [3.63, 3.8) is 0 Å². The Morgan fingerprint density at radius 2 is 2.17 bits per heavy atom. The van der Waals surface area contributed by atoms with E-state index in [2.05, 4.69) is 15.3 Å². The molecule has 29 heavy (non-hydrogen) atoms. The molecule has 2 atom stereocenters. The molecule has 3 heterocycles. The first kappa shape index (κ1) is 19.5. The lowest BCUT2D eigenvalue weighted by molar-refractivity contribution is 0.102. The summed E-state index contributed by atoms with van der Waals surface area (Å²) in [7, 11) is -3.77. The lowest BCUT2D eigenvalue weighted by atomic mass is 9.92. The van der Waals surface area contributed by atoms with E-state index in [0.29, 0.717) is 0 Å². The number of amides is 1. The predicted octanol–water partition coefficient (Wildman–Crippen LogP) is 1.23. The molecule has 1 aromatic heterocycles. The van der Waals surface area contributed by atoms with Gasteiger partial charge < -0.3 is 20.2 Å². The molecular weight excluding hydrogens is 403 g/mol. The minimum atomic E-state index is -3.77. The highest BCUT2D eigenvalue weighted by molar-refractivity contribution is 7.93. The standard InChI is InChI=1S/C18H19FN4O5S/c1-17(9-29(25,26)18(16(20)23-17)4-5-27-8-18)12-6-11(2-3-13(12)19)22-15(24)14-7-28-10-21-14/h2-3,6-7,10H,4-5,8-9H2,1H3,(H2,20,23)(H,22,24)/t17-,18-/m0/s1. The summed E-state index contributed by atoms with van der Waals surface area (Å²) in [4.78, 5) is 20.3. The number of aliphatic imine (C=N–C) groups is 1. The van der Waals surface area contributed by atoms with Crippen LogP contribution in [-0.2, 0) is 20.1 Å². The van der Waals surface area contributed by atoms with Gasteiger partial charge in [0.1, 0.15) is 23.5 Å². The van der Waals surface area contributed by atoms with Gasteiger partial charge in [-0.3, -0.25) is 9.79 Å². The number of halogens is 1. The van der Waals surface area contributed by atoms with Gasteiger partial charge in [0.05, 0.1) is 12.4 Å². The van der Waals surface area contributed by atoms with Gasteiger partial charge in [0, 0.05) is 17.9 Å². The minimum absolute atomic E-state index is 0.00995. The molecule has 9 nitrogen and oxygen atoms in total. The van der Waals surface area contributed by atoms with E-state index in [1.165, 1.54) is 25.3 Å². The maximum atomic E-state index is 14.7. The molecule has 2 aromatic rings. The number of anilines is 1. The molecular formula is C18H19FN4O5S. The maximum Gasteiger partial charge on any atom is 0.277 e. The summed E-state index contributed by atoms with van der Waals surface area (Å²) >= 11 is 0. The van der Waals surface area contributed by atoms with Crippen LogP contribution in [0.1, 0.15) is 29.4 Å². The van der Waals surface area contributed by atoms with E-state index in [4.69, 9.17) is 14.9 Å². The maximum absolute atomic E-state index is 14.7. The van der Waals surface area contributed by atoms with Crippen molar-refractivity contribution in [3.8, 4) is 0 Å². The molecule has 1 saturated heterocycles. The van der Waals surface area contributed by atoms with Crippen LogP contribution < -0.4 is 11.1 Å². The normalized spacial score (nSPS) is 28.3. The Kier molecular flexibility index (Phi) is 4.46. The first-order valence-electron chi connectivity index (χ1n) is 8.82. The Bertz CT molecular complexity index is 1090. The van der Waals surface area contributed by atoms with Crippen LogP contribution in [0.25, 0.3) is 0 Å². The Morgan fingerprint density at radius 3 is 2.79 bits per heavy atom. The average molecular weight is 422 g/mol. The summed E-state index contributed by atoms with van der Waals surface area (Å²) < 4.78 is 49.5. The number of nitrogens with two attached hydrogens (primary N) is 1. The van der Waals surface area contributed by atoms with Gasteiger partial charge in [-0.15, -0.1) is 0 Å². The SMILES string of the molecule is C[C@@]1(c2cc(NC(=O)c3cocn3)ccc2F)CS(=O)(=O)[C@]2(CCOC2)C(N)=N1. The van der Waals surface area contributed by atoms with Gasteiger partial charge in [0.15, 0.2) is 26.7 Å². The van der Waals surface area contributed by atoms with Gasteiger partial charge >= 0.3 is 0 Å². The third kappa shape index (κ3) is 3.10. The van der Waals surface area contributed by atoms with Crippen molar-refractivity contribution in [1.29, 1.82) is 0 Å². The van der Waals surface area contributed by atoms with E-state index >= 15 is 0 Å². The van der Waals surface area contributed by atoms with E-state index in [-0.39, 0.29) is 42.4 Å². The molecule has 0 bridgehead atoms. The molecule has 0 radical (unpaired) electrons. The van der Waals surface area contributed by atoms with Crippen molar-refractivity contribution in [1.82, 2.24) is 4.98 Å². The molecule has 0 unspecified atom stereocenters. The highest BCUT2D eigenvalue weighted by Gasteiger charge is 2.57. The van der Waals surface area contributed by atoms with Crippen molar-refractivity contribution in [2.24, 2.45) is 10.7 Å². The molecule has 154 valence electrons. The summed E-state index contributed by atoms with van der Waals surface area (Å²) in [6, 6.07) is 3.85. The summed E-state index contributed by atoms with van der Waals surface area (Å²) in [5, 5.41) is 2.57. The van der Waals surface area contributed by atoms with Crippen LogP contribution in [-0.4, -0.2) is 48.9 Å². The van der Waals surface area contributed by atoms with Crippen molar-refractivity contribution < 1.29 is 26.8 Å². The Balaban J connectivity index is 1.72. The van der Waals surface area contributed by atoms with Crippen LogP contribution in [0.3, 0.4) is 0 Å². The number of aromatic nitrogens is 1. The van der Waals surface area contributed by atoms with Crippen molar-refractivity contribution in [2.75, 3.05) is 24.3 Å². The number of benzene rings is 1. The number of amidine groups is 1. The van der Waals surface area contributed by atoms with Crippen LogP contribution in [0.4, 0.5) is 10.1 Å². The zero-order valence-electron chi connectivity index (χ0n) is 15.5. The zero-order chi connectivity index (χ0) is 20.9. The van der Waals surface area contributed by atoms with E-state index in [1.54, 1.807) is 0 Å². The highest BCUT2D eigenvalue weighted by Crippen LogP contribution is 2.41. The Labute approximate surface area is 166 Å². The molecule has 1 aromatic carbocycles. The number of hydrogen-bond acceptors (Lipinski definition) is 8. The fourth-order valence-electron chi connectivity index (χ4n) is 3.73. The molecule has 3 N–H and O–H groups in total. The molecule has 4 rings (SSSR count). The number of sulfone groups is 1. The minimum Gasteiger partial charge on any atom is -0.451 e. The second kappa shape index (κ2) is 6.63. The molecule has 11 heteroatoms. The number of nitrogens with zero attached hydrogens (tertiary/aromatic N) is 2. The molecule has 0 aliphatic carbocycles. The van der Waals surface area contributed by atoms with Gasteiger partial charge in [-0.25, -0.2) is 17.8 Å². The van der Waals surface area contributed by atoms with Crippen LogP contribution >= 0.6 is 0 Å². The van der Waals surface area contributed by atoms with Gasteiger partial charge in [0.2, 0.25) is 0 Å². The van der Waals surface area contributed by atoms with E-state index in [0.717, 1.165) is 12.5 Å². The third-order valence-electron chi connectivity index (χ3n) is 5.36. The van der Waals surface area contributed by atoms with Crippen LogP contribution in [0.5, 0.6) is 0 Å². The molecule has 2 aliphatic heterocycles. The van der Waals surface area contributed by atoms with Crippen LogP contribution in [0, 0.1) is 5.82 Å². The fourth-order valence-corrected chi connectivity index (χ4v) is 5.99. The third-order valence-corrected chi connectivity index (χ3v) is 8.02. The molecule has 1 spiro atoms. The number of rotatable bonds is 3. The summed E-state index contributed by atoms with van der Waals surface area (Å²) in [6.07, 6.45) is 2.50. The Morgan fingerprint density at radius 1 is 1.38 bits per heavy atom. The van der Waals surface area contributed by atoms with E-state index < -0.39 is 37.6 Å². The second-order valence-electron chi connectivity index (χ2n) is 7.35. The first-order chi connectivity index (χ1) is 13.7. The first-order valence-corrected chi connectivity index (χ1v) is 10.5. The number of carbonyl (C=O) groups excluding carboxylic acids is 1. The number of nitrogens with one attached hydrogen (secondary N) is 1. The highest BCUT2D eigenvalue weighted by atomic mass is 32.2. The quantitative estimate of drug-likeness (QED) is 0.759. The number of oxazole rings is 1. The summed E-state index contributed by atoms with van der Waals surface area (Å²) in [6.45, 7) is 1.71. The van der Waals surface area contributed by atoms with Crippen molar-refractivity contribution in [3.05, 3.63) is 47.9 Å². The molecule has 1 fully saturated rings. The van der Waals surface area contributed by atoms with Crippen LogP contribution in [0.15, 0.2) is 40.3 Å². The fraction of sp³-hybridized carbons (Fsp3) is 0.389. The Hall–Kier alpha value is -2.79. The van der Waals surface area contributed by atoms with Gasteiger partial charge in [-0.1, -0.05) is 0 Å². The average Bonchev–Trinajstić information content (AvgIpc) is 3.34. The number of ether oxygens (including phenoxy) is 1. The lowest BCUT2D eigenvalue weighted by Gasteiger charge is -2.39.